The van der Waals surface area contributed by atoms with E-state index >= 15 is 0 Å². The third kappa shape index (κ3) is 19.5. The summed E-state index contributed by atoms with van der Waals surface area (Å²) in [5, 5.41) is 3.39. The topological polar surface area (TPSA) is 52.7 Å². The number of likely N-dealkylation sites (tertiary alicyclic amines) is 1. The number of amides is 1. The van der Waals surface area contributed by atoms with E-state index in [-0.39, 0.29) is 11.7 Å². The smallest absolute Gasteiger partial charge is 0.222 e. The van der Waals surface area contributed by atoms with Crippen LogP contribution in [-0.2, 0) is 9.59 Å². The Morgan fingerprint density at radius 2 is 1.26 bits per heavy atom. The second-order valence-corrected chi connectivity index (χ2v) is 7.11. The van der Waals surface area contributed by atoms with E-state index in [1.54, 1.807) is 6.92 Å². The lowest BCUT2D eigenvalue weighted by molar-refractivity contribution is -0.132. The minimum Gasteiger partial charge on any atom is -0.343 e. The van der Waals surface area contributed by atoms with Crippen molar-refractivity contribution in [3.8, 4) is 0 Å². The van der Waals surface area contributed by atoms with Crippen LogP contribution in [0.5, 0.6) is 0 Å². The summed E-state index contributed by atoms with van der Waals surface area (Å²) in [6, 6.07) is 0. The molecule has 0 saturated carbocycles. The number of hydrogen-bond acceptors (Lipinski definition) is 4. The number of piperazine rings is 1. The molecule has 2 heterocycles. The zero-order valence-corrected chi connectivity index (χ0v) is 22.7. The van der Waals surface area contributed by atoms with E-state index in [2.05, 4.69) is 10.2 Å². The predicted octanol–water partition coefficient (Wildman–Crippen LogP) is 5.77. The van der Waals surface area contributed by atoms with Crippen molar-refractivity contribution in [2.75, 3.05) is 45.8 Å². The van der Waals surface area contributed by atoms with Crippen molar-refractivity contribution in [3.05, 3.63) is 0 Å². The summed E-state index contributed by atoms with van der Waals surface area (Å²) in [7, 11) is 0. The Balaban J connectivity index is -0.000000879. The Morgan fingerprint density at radius 1 is 0.774 bits per heavy atom. The number of carbonyl (C=O) groups excluding carboxylic acids is 2. The highest BCUT2D eigenvalue weighted by Crippen LogP contribution is 2.22. The average Bonchev–Trinajstić information content (AvgIpc) is 2.86. The first-order chi connectivity index (χ1) is 15.1. The van der Waals surface area contributed by atoms with Gasteiger partial charge < -0.3 is 19.9 Å². The highest BCUT2D eigenvalue weighted by Gasteiger charge is 2.23. The van der Waals surface area contributed by atoms with Gasteiger partial charge in [-0.25, -0.2) is 0 Å². The third-order valence-electron chi connectivity index (χ3n) is 5.20. The summed E-state index contributed by atoms with van der Waals surface area (Å²) in [5.74, 6) is 1.29. The van der Waals surface area contributed by atoms with Crippen molar-refractivity contribution < 1.29 is 9.59 Å². The Morgan fingerprint density at radius 3 is 1.74 bits per heavy atom. The lowest BCUT2D eigenvalue weighted by Gasteiger charge is -2.34. The fraction of sp³-hybridized carbons (Fsp3) is 0.923. The van der Waals surface area contributed by atoms with Crippen LogP contribution in [0.25, 0.3) is 0 Å². The Bertz CT molecular complexity index is 375. The SMILES string of the molecule is CC.CC.CC.CC.CC(=O)CCCCC(=O)N1CCC(CCN2CCNCC2)CC1. The molecular formula is C26H57N3O2. The number of rotatable bonds is 8. The third-order valence-corrected chi connectivity index (χ3v) is 5.20. The molecule has 2 aliphatic heterocycles. The van der Waals surface area contributed by atoms with E-state index in [9.17, 15) is 9.59 Å². The first kappa shape index (κ1) is 34.7. The summed E-state index contributed by atoms with van der Waals surface area (Å²) in [6.45, 7) is 25.3. The second kappa shape index (κ2) is 27.1. The summed E-state index contributed by atoms with van der Waals surface area (Å²) in [5.41, 5.74) is 0. The van der Waals surface area contributed by atoms with Crippen molar-refractivity contribution in [2.24, 2.45) is 5.92 Å². The molecule has 188 valence electrons. The van der Waals surface area contributed by atoms with Crippen LogP contribution < -0.4 is 5.32 Å². The van der Waals surface area contributed by atoms with Crippen LogP contribution in [0.4, 0.5) is 0 Å². The molecule has 0 bridgehead atoms. The Kier molecular flexibility index (Phi) is 30.3. The van der Waals surface area contributed by atoms with E-state index in [0.717, 1.165) is 57.8 Å². The van der Waals surface area contributed by atoms with E-state index in [1.165, 1.54) is 26.1 Å². The van der Waals surface area contributed by atoms with Crippen LogP contribution in [0.15, 0.2) is 0 Å². The number of ketones is 1. The molecule has 2 fully saturated rings. The van der Waals surface area contributed by atoms with Crippen LogP contribution in [-0.4, -0.2) is 67.3 Å². The zero-order valence-electron chi connectivity index (χ0n) is 22.7. The molecule has 1 amide bonds. The van der Waals surface area contributed by atoms with Crippen LogP contribution >= 0.6 is 0 Å². The normalized spacial score (nSPS) is 16.1. The van der Waals surface area contributed by atoms with Gasteiger partial charge in [-0.1, -0.05) is 55.4 Å². The van der Waals surface area contributed by atoms with E-state index in [0.29, 0.717) is 12.8 Å². The first-order valence-corrected chi connectivity index (χ1v) is 13.4. The van der Waals surface area contributed by atoms with E-state index in [4.69, 9.17) is 0 Å². The van der Waals surface area contributed by atoms with E-state index in [1.807, 2.05) is 60.3 Å². The fourth-order valence-electron chi connectivity index (χ4n) is 3.58. The highest BCUT2D eigenvalue weighted by molar-refractivity contribution is 5.77. The van der Waals surface area contributed by atoms with Gasteiger partial charge in [-0.2, -0.15) is 0 Å². The van der Waals surface area contributed by atoms with Gasteiger partial charge in [0.2, 0.25) is 5.91 Å². The molecule has 0 aromatic rings. The lowest BCUT2D eigenvalue weighted by Crippen LogP contribution is -2.44. The number of nitrogens with zero attached hydrogens (tertiary/aromatic N) is 2. The number of piperidine rings is 1. The minimum absolute atomic E-state index is 0.225. The lowest BCUT2D eigenvalue weighted by atomic mass is 9.93. The molecule has 2 aliphatic rings. The molecule has 31 heavy (non-hydrogen) atoms. The van der Waals surface area contributed by atoms with Crippen LogP contribution in [0.1, 0.15) is 107 Å². The van der Waals surface area contributed by atoms with Crippen LogP contribution in [0.3, 0.4) is 0 Å². The molecule has 5 nitrogen and oxygen atoms in total. The van der Waals surface area contributed by atoms with Gasteiger partial charge in [-0.3, -0.25) is 4.79 Å². The van der Waals surface area contributed by atoms with Gasteiger partial charge in [0.05, 0.1) is 0 Å². The van der Waals surface area contributed by atoms with Gasteiger partial charge in [-0.05, 0) is 51.5 Å². The quantitative estimate of drug-likeness (QED) is 0.484. The van der Waals surface area contributed by atoms with Gasteiger partial charge in [0.1, 0.15) is 5.78 Å². The Labute approximate surface area is 195 Å². The van der Waals surface area contributed by atoms with Gasteiger partial charge >= 0.3 is 0 Å². The Hall–Kier alpha value is -0.940. The number of Topliss-reactive ketones (excluding diaryl/α,β-unsaturated/α-hetero) is 1. The summed E-state index contributed by atoms with van der Waals surface area (Å²) in [4.78, 5) is 27.7. The molecule has 2 rings (SSSR count). The maximum Gasteiger partial charge on any atom is 0.222 e. The molecule has 0 unspecified atom stereocenters. The number of nitrogens with one attached hydrogen (secondary N) is 1. The van der Waals surface area contributed by atoms with Gasteiger partial charge in [-0.15, -0.1) is 0 Å². The number of unbranched alkanes of at least 4 members (excludes halogenated alkanes) is 1. The van der Waals surface area contributed by atoms with Crippen LogP contribution in [0, 0.1) is 5.92 Å². The summed E-state index contributed by atoms with van der Waals surface area (Å²) >= 11 is 0. The minimum atomic E-state index is 0.225. The maximum atomic E-state index is 12.2. The van der Waals surface area contributed by atoms with Gasteiger partial charge in [0, 0.05) is 52.1 Å². The van der Waals surface area contributed by atoms with Gasteiger partial charge in [0.15, 0.2) is 0 Å². The summed E-state index contributed by atoms with van der Waals surface area (Å²) in [6.07, 6.45) is 6.51. The fourth-order valence-corrected chi connectivity index (χ4v) is 3.58. The highest BCUT2D eigenvalue weighted by atomic mass is 16.2. The molecule has 2 saturated heterocycles. The van der Waals surface area contributed by atoms with Crippen molar-refractivity contribution in [3.63, 3.8) is 0 Å². The van der Waals surface area contributed by atoms with Crippen LogP contribution in [0.2, 0.25) is 0 Å². The van der Waals surface area contributed by atoms with Crippen molar-refractivity contribution in [1.82, 2.24) is 15.1 Å². The number of hydrogen-bond donors (Lipinski definition) is 1. The van der Waals surface area contributed by atoms with Crippen molar-refractivity contribution >= 4 is 11.7 Å². The molecule has 0 radical (unpaired) electrons. The molecule has 0 aromatic heterocycles. The zero-order chi connectivity index (χ0) is 24.5. The van der Waals surface area contributed by atoms with E-state index < -0.39 is 0 Å². The molecule has 0 atom stereocenters. The molecule has 0 aliphatic carbocycles. The molecule has 1 N–H and O–H groups in total. The largest absolute Gasteiger partial charge is 0.343 e. The molecular weight excluding hydrogens is 386 g/mol. The maximum absolute atomic E-state index is 12.2. The molecule has 0 spiro atoms. The van der Waals surface area contributed by atoms with Gasteiger partial charge in [0.25, 0.3) is 0 Å². The first-order valence-electron chi connectivity index (χ1n) is 13.4. The summed E-state index contributed by atoms with van der Waals surface area (Å²) < 4.78 is 0. The second-order valence-electron chi connectivity index (χ2n) is 7.11. The average molecular weight is 444 g/mol. The number of carbonyl (C=O) groups is 2. The predicted molar refractivity (Wildman–Crippen MR) is 138 cm³/mol. The standard InChI is InChI=1S/C18H33N3O2.4C2H6/c1-16(22)4-2-3-5-18(23)21-12-7-17(8-13-21)6-11-20-14-9-19-10-15-20;4*1-2/h17,19H,2-15H2,1H3;4*1-2H3. The molecule has 5 heteroatoms. The van der Waals surface area contributed by atoms with Crippen molar-refractivity contribution in [2.45, 2.75) is 107 Å². The monoisotopic (exact) mass is 443 g/mol. The molecule has 0 aromatic carbocycles. The van der Waals surface area contributed by atoms with Crippen molar-refractivity contribution in [1.29, 1.82) is 0 Å².